The number of imidazole rings is 2. The molecule has 120 valence electrons. The number of pyridine rings is 1. The van der Waals surface area contributed by atoms with Crippen LogP contribution in [0.3, 0.4) is 0 Å². The van der Waals surface area contributed by atoms with Crippen LogP contribution in [0.15, 0.2) is 84.6 Å². The highest BCUT2D eigenvalue weighted by Gasteiger charge is 2.09. The number of hydrogen-bond donors (Lipinski definition) is 0. The van der Waals surface area contributed by atoms with Gasteiger partial charge in [-0.25, -0.2) is 15.0 Å². The van der Waals surface area contributed by atoms with Gasteiger partial charge in [0.25, 0.3) is 0 Å². The van der Waals surface area contributed by atoms with Crippen LogP contribution < -0.4 is 0 Å². The molecule has 0 spiro atoms. The van der Waals surface area contributed by atoms with Gasteiger partial charge in [-0.3, -0.25) is 4.57 Å². The fraction of sp³-hybridized carbons (Fsp3) is 0. The highest BCUT2D eigenvalue weighted by molar-refractivity contribution is 5.79. The van der Waals surface area contributed by atoms with E-state index in [1.54, 1.807) is 31.4 Å². The van der Waals surface area contributed by atoms with Gasteiger partial charge in [0.1, 0.15) is 11.8 Å². The normalized spacial score (nSPS) is 11.2. The third-order valence-electron chi connectivity index (χ3n) is 4.15. The van der Waals surface area contributed by atoms with Gasteiger partial charge in [0.2, 0.25) is 0 Å². The maximum absolute atomic E-state index is 5.14. The summed E-state index contributed by atoms with van der Waals surface area (Å²) >= 11 is 0. The summed E-state index contributed by atoms with van der Waals surface area (Å²) in [6.07, 6.45) is 12.4. The summed E-state index contributed by atoms with van der Waals surface area (Å²) in [6.45, 7) is 0. The van der Waals surface area contributed by atoms with Crippen molar-refractivity contribution in [3.63, 3.8) is 0 Å². The van der Waals surface area contributed by atoms with E-state index < -0.39 is 0 Å². The van der Waals surface area contributed by atoms with Gasteiger partial charge in [-0.2, -0.15) is 0 Å². The van der Waals surface area contributed by atoms with Gasteiger partial charge < -0.3 is 8.98 Å². The van der Waals surface area contributed by atoms with E-state index in [9.17, 15) is 0 Å². The predicted octanol–water partition coefficient (Wildman–Crippen LogP) is 3.87. The second-order valence-corrected chi connectivity index (χ2v) is 5.68. The van der Waals surface area contributed by atoms with E-state index in [-0.39, 0.29) is 0 Å². The molecule has 0 saturated carbocycles. The van der Waals surface area contributed by atoms with Crippen LogP contribution in [0.5, 0.6) is 0 Å². The lowest BCUT2D eigenvalue weighted by Crippen LogP contribution is -1.97. The van der Waals surface area contributed by atoms with Gasteiger partial charge in [0, 0.05) is 35.4 Å². The number of rotatable bonds is 3. The molecule has 4 aromatic heterocycles. The standard InChI is InChI=1S/C19H13N5O/c1-2-16(23-6-5-20-12-23)9-17(3-1)24-13-22-18-8-15(10-21-19(18)24)14-4-7-25-11-14/h1-13H. The molecule has 0 N–H and O–H groups in total. The molecule has 25 heavy (non-hydrogen) atoms. The zero-order chi connectivity index (χ0) is 16.6. The number of nitrogens with zero attached hydrogens (tertiary/aromatic N) is 5. The Bertz CT molecular complexity index is 1140. The third-order valence-corrected chi connectivity index (χ3v) is 4.15. The van der Waals surface area contributed by atoms with Crippen molar-refractivity contribution in [3.05, 3.63) is 80.2 Å². The smallest absolute Gasteiger partial charge is 0.164 e. The lowest BCUT2D eigenvalue weighted by atomic mass is 10.1. The molecule has 4 heterocycles. The minimum Gasteiger partial charge on any atom is -0.472 e. The van der Waals surface area contributed by atoms with Gasteiger partial charge in [-0.05, 0) is 30.3 Å². The van der Waals surface area contributed by atoms with Crippen molar-refractivity contribution < 1.29 is 4.42 Å². The molecule has 0 aliphatic rings. The first kappa shape index (κ1) is 13.7. The Morgan fingerprint density at radius 2 is 1.88 bits per heavy atom. The summed E-state index contributed by atoms with van der Waals surface area (Å²) in [7, 11) is 0. The summed E-state index contributed by atoms with van der Waals surface area (Å²) in [5, 5.41) is 0. The number of fused-ring (bicyclic) bond motifs is 1. The second-order valence-electron chi connectivity index (χ2n) is 5.68. The molecule has 0 bridgehead atoms. The Kier molecular flexibility index (Phi) is 3.00. The van der Waals surface area contributed by atoms with E-state index >= 15 is 0 Å². The molecular formula is C19H13N5O. The molecule has 5 aromatic rings. The van der Waals surface area contributed by atoms with Crippen molar-refractivity contribution in [1.82, 2.24) is 24.1 Å². The molecule has 0 aliphatic heterocycles. The van der Waals surface area contributed by atoms with Gasteiger partial charge in [0.05, 0.1) is 24.5 Å². The number of benzene rings is 1. The molecule has 0 radical (unpaired) electrons. The van der Waals surface area contributed by atoms with E-state index in [0.29, 0.717) is 0 Å². The van der Waals surface area contributed by atoms with E-state index in [4.69, 9.17) is 4.42 Å². The predicted molar refractivity (Wildman–Crippen MR) is 93.7 cm³/mol. The SMILES string of the molecule is c1cc(-n2ccnc2)cc(-n2cnc3cc(-c4ccoc4)cnc32)c1. The van der Waals surface area contributed by atoms with Crippen LogP contribution >= 0.6 is 0 Å². The molecule has 0 aliphatic carbocycles. The fourth-order valence-electron chi connectivity index (χ4n) is 2.89. The van der Waals surface area contributed by atoms with Crippen molar-refractivity contribution in [3.8, 4) is 22.5 Å². The van der Waals surface area contributed by atoms with Crippen molar-refractivity contribution in [1.29, 1.82) is 0 Å². The Labute approximate surface area is 143 Å². The lowest BCUT2D eigenvalue weighted by molar-refractivity contribution is 0.568. The van der Waals surface area contributed by atoms with E-state index in [0.717, 1.165) is 33.7 Å². The summed E-state index contributed by atoms with van der Waals surface area (Å²) in [5.41, 5.74) is 5.66. The average Bonchev–Trinajstić information content (AvgIpc) is 3.42. The Morgan fingerprint density at radius 3 is 2.72 bits per heavy atom. The summed E-state index contributed by atoms with van der Waals surface area (Å²) in [6, 6.07) is 12.1. The minimum atomic E-state index is 0.815. The first-order chi connectivity index (χ1) is 12.4. The topological polar surface area (TPSA) is 61.7 Å². The third kappa shape index (κ3) is 2.31. The van der Waals surface area contributed by atoms with Crippen LogP contribution in [0, 0.1) is 0 Å². The maximum atomic E-state index is 5.14. The molecular weight excluding hydrogens is 314 g/mol. The summed E-state index contributed by atoms with van der Waals surface area (Å²) < 4.78 is 9.09. The highest BCUT2D eigenvalue weighted by Crippen LogP contribution is 2.24. The molecule has 1 aromatic carbocycles. The van der Waals surface area contributed by atoms with E-state index in [1.807, 2.05) is 51.9 Å². The minimum absolute atomic E-state index is 0.815. The van der Waals surface area contributed by atoms with Crippen LogP contribution in [-0.2, 0) is 0 Å². The van der Waals surface area contributed by atoms with Crippen molar-refractivity contribution in [2.45, 2.75) is 0 Å². The fourth-order valence-corrected chi connectivity index (χ4v) is 2.89. The van der Waals surface area contributed by atoms with Gasteiger partial charge in [-0.15, -0.1) is 0 Å². The highest BCUT2D eigenvalue weighted by atomic mass is 16.3. The average molecular weight is 327 g/mol. The molecule has 0 unspecified atom stereocenters. The maximum Gasteiger partial charge on any atom is 0.164 e. The second kappa shape index (κ2) is 5.45. The van der Waals surface area contributed by atoms with Crippen LogP contribution in [0.1, 0.15) is 0 Å². The Morgan fingerprint density at radius 1 is 0.920 bits per heavy atom. The molecule has 0 amide bonds. The number of hydrogen-bond acceptors (Lipinski definition) is 4. The first-order valence-corrected chi connectivity index (χ1v) is 7.83. The van der Waals surface area contributed by atoms with Crippen LogP contribution in [0.4, 0.5) is 0 Å². The van der Waals surface area contributed by atoms with Crippen LogP contribution in [0.25, 0.3) is 33.7 Å². The number of furan rings is 1. The van der Waals surface area contributed by atoms with Gasteiger partial charge >= 0.3 is 0 Å². The Balaban J connectivity index is 1.61. The van der Waals surface area contributed by atoms with Crippen molar-refractivity contribution in [2.75, 3.05) is 0 Å². The van der Waals surface area contributed by atoms with Gasteiger partial charge in [0.15, 0.2) is 5.65 Å². The Hall–Kier alpha value is -3.67. The molecule has 0 atom stereocenters. The molecule has 0 fully saturated rings. The van der Waals surface area contributed by atoms with Crippen molar-refractivity contribution in [2.24, 2.45) is 0 Å². The van der Waals surface area contributed by atoms with Crippen LogP contribution in [0.2, 0.25) is 0 Å². The molecule has 6 nitrogen and oxygen atoms in total. The summed E-state index contributed by atoms with van der Waals surface area (Å²) in [4.78, 5) is 13.2. The zero-order valence-corrected chi connectivity index (χ0v) is 13.1. The lowest BCUT2D eigenvalue weighted by Gasteiger charge is -2.07. The monoisotopic (exact) mass is 327 g/mol. The molecule has 0 saturated heterocycles. The summed E-state index contributed by atoms with van der Waals surface area (Å²) in [5.74, 6) is 0. The van der Waals surface area contributed by atoms with Gasteiger partial charge in [-0.1, -0.05) is 6.07 Å². The van der Waals surface area contributed by atoms with E-state index in [2.05, 4.69) is 21.0 Å². The first-order valence-electron chi connectivity index (χ1n) is 7.83. The van der Waals surface area contributed by atoms with Crippen molar-refractivity contribution >= 4 is 11.2 Å². The van der Waals surface area contributed by atoms with E-state index in [1.165, 1.54) is 0 Å². The molecule has 5 rings (SSSR count). The molecule has 6 heteroatoms. The largest absolute Gasteiger partial charge is 0.472 e. The number of aromatic nitrogens is 5. The zero-order valence-electron chi connectivity index (χ0n) is 13.1. The van der Waals surface area contributed by atoms with Crippen LogP contribution in [-0.4, -0.2) is 24.1 Å². The quantitative estimate of drug-likeness (QED) is 0.505.